The first kappa shape index (κ1) is 12.2. The van der Waals surface area contributed by atoms with Crippen molar-refractivity contribution in [3.63, 3.8) is 0 Å². The zero-order valence-corrected chi connectivity index (χ0v) is 12.4. The molecule has 2 aromatic carbocycles. The van der Waals surface area contributed by atoms with Gasteiger partial charge in [0.2, 0.25) is 0 Å². The molecule has 2 atom stereocenters. The van der Waals surface area contributed by atoms with E-state index in [9.17, 15) is 0 Å². The maximum absolute atomic E-state index is 2.71. The molecule has 2 bridgehead atoms. The molecule has 0 saturated heterocycles. The minimum Gasteiger partial charge on any atom is -0.280 e. The molecular formula is C19H21N. The standard InChI is InChI=1S/C19H21N/c1-19(2,3)20-17-12-13-8-4-5-9-14(13)18(20)16-11-7-6-10-15(16)17/h4-11,17-18H,12H2,1-3H3. The molecule has 0 radical (unpaired) electrons. The maximum Gasteiger partial charge on any atom is 0.0618 e. The summed E-state index contributed by atoms with van der Waals surface area (Å²) in [5.74, 6) is 0. The molecule has 102 valence electrons. The van der Waals surface area contributed by atoms with Gasteiger partial charge in [-0.25, -0.2) is 0 Å². The number of fused-ring (bicyclic) bond motifs is 7. The molecule has 2 aliphatic heterocycles. The van der Waals surface area contributed by atoms with Crippen LogP contribution in [0.25, 0.3) is 0 Å². The molecule has 0 aromatic heterocycles. The summed E-state index contributed by atoms with van der Waals surface area (Å²) in [6.45, 7) is 7.02. The van der Waals surface area contributed by atoms with Crippen LogP contribution in [0.4, 0.5) is 0 Å². The van der Waals surface area contributed by atoms with Crippen LogP contribution in [-0.2, 0) is 6.42 Å². The van der Waals surface area contributed by atoms with Gasteiger partial charge in [0, 0.05) is 11.6 Å². The molecule has 2 heterocycles. The number of hydrogen-bond acceptors (Lipinski definition) is 1. The summed E-state index contributed by atoms with van der Waals surface area (Å²) in [5.41, 5.74) is 6.26. The summed E-state index contributed by atoms with van der Waals surface area (Å²) in [6, 6.07) is 19.0. The van der Waals surface area contributed by atoms with Crippen molar-refractivity contribution in [2.24, 2.45) is 0 Å². The summed E-state index contributed by atoms with van der Waals surface area (Å²) >= 11 is 0. The monoisotopic (exact) mass is 263 g/mol. The number of rotatable bonds is 0. The van der Waals surface area contributed by atoms with Crippen molar-refractivity contribution in [1.29, 1.82) is 0 Å². The zero-order valence-electron chi connectivity index (χ0n) is 12.4. The smallest absolute Gasteiger partial charge is 0.0618 e. The number of hydrogen-bond donors (Lipinski definition) is 0. The molecule has 1 nitrogen and oxygen atoms in total. The van der Waals surface area contributed by atoms with Gasteiger partial charge in [-0.3, -0.25) is 4.90 Å². The SMILES string of the molecule is CC(C)(C)N1C2Cc3ccccc3C1c1ccccc12. The van der Waals surface area contributed by atoms with E-state index >= 15 is 0 Å². The Hall–Kier alpha value is -1.60. The Kier molecular flexibility index (Phi) is 2.41. The van der Waals surface area contributed by atoms with Gasteiger partial charge >= 0.3 is 0 Å². The van der Waals surface area contributed by atoms with Crippen molar-refractivity contribution < 1.29 is 0 Å². The number of nitrogens with zero attached hydrogens (tertiary/aromatic N) is 1. The minimum absolute atomic E-state index is 0.182. The zero-order chi connectivity index (χ0) is 13.9. The van der Waals surface area contributed by atoms with Crippen LogP contribution in [0.5, 0.6) is 0 Å². The van der Waals surface area contributed by atoms with Crippen LogP contribution in [0.2, 0.25) is 0 Å². The average molecular weight is 263 g/mol. The van der Waals surface area contributed by atoms with Crippen LogP contribution in [-0.4, -0.2) is 10.4 Å². The molecule has 2 aliphatic rings. The third-order valence-electron chi connectivity index (χ3n) is 4.80. The van der Waals surface area contributed by atoms with Crippen LogP contribution in [0.15, 0.2) is 48.5 Å². The average Bonchev–Trinajstić information content (AvgIpc) is 2.69. The molecule has 0 fully saturated rings. The van der Waals surface area contributed by atoms with Gasteiger partial charge in [-0.1, -0.05) is 48.5 Å². The molecule has 0 N–H and O–H groups in total. The Morgan fingerprint density at radius 1 is 0.850 bits per heavy atom. The van der Waals surface area contributed by atoms with E-state index in [1.165, 1.54) is 22.3 Å². The van der Waals surface area contributed by atoms with Crippen molar-refractivity contribution in [2.75, 3.05) is 0 Å². The second-order valence-corrected chi connectivity index (χ2v) is 7.03. The largest absolute Gasteiger partial charge is 0.280 e. The molecule has 4 rings (SSSR count). The molecule has 2 unspecified atom stereocenters. The molecule has 2 aromatic rings. The molecule has 0 saturated carbocycles. The molecular weight excluding hydrogens is 242 g/mol. The minimum atomic E-state index is 0.182. The van der Waals surface area contributed by atoms with Crippen molar-refractivity contribution in [2.45, 2.75) is 44.8 Å². The summed E-state index contributed by atoms with van der Waals surface area (Å²) in [4.78, 5) is 2.71. The fourth-order valence-corrected chi connectivity index (χ4v) is 4.12. The van der Waals surface area contributed by atoms with Crippen molar-refractivity contribution in [3.05, 3.63) is 70.8 Å². The lowest BCUT2D eigenvalue weighted by atomic mass is 9.87. The Morgan fingerprint density at radius 2 is 1.45 bits per heavy atom. The molecule has 0 amide bonds. The van der Waals surface area contributed by atoms with E-state index in [1.807, 2.05) is 0 Å². The lowest BCUT2D eigenvalue weighted by molar-refractivity contribution is 0.0579. The van der Waals surface area contributed by atoms with Gasteiger partial charge in [0.15, 0.2) is 0 Å². The van der Waals surface area contributed by atoms with Gasteiger partial charge in [-0.05, 0) is 49.4 Å². The molecule has 0 aliphatic carbocycles. The first-order valence-electron chi connectivity index (χ1n) is 7.52. The Labute approximate surface area is 121 Å². The Balaban J connectivity index is 1.98. The lowest BCUT2D eigenvalue weighted by Gasteiger charge is -2.45. The van der Waals surface area contributed by atoms with E-state index in [-0.39, 0.29) is 5.54 Å². The van der Waals surface area contributed by atoms with E-state index < -0.39 is 0 Å². The maximum atomic E-state index is 2.71. The molecule has 0 spiro atoms. The fraction of sp³-hybridized carbons (Fsp3) is 0.368. The highest BCUT2D eigenvalue weighted by Gasteiger charge is 2.47. The second kappa shape index (κ2) is 3.95. The summed E-state index contributed by atoms with van der Waals surface area (Å²) < 4.78 is 0. The van der Waals surface area contributed by atoms with Crippen LogP contribution in [0.3, 0.4) is 0 Å². The quantitative estimate of drug-likeness (QED) is 0.677. The van der Waals surface area contributed by atoms with Gasteiger partial charge in [0.25, 0.3) is 0 Å². The summed E-state index contributed by atoms with van der Waals surface area (Å²) in [6.07, 6.45) is 1.14. The predicted octanol–water partition coefficient (Wildman–Crippen LogP) is 4.49. The van der Waals surface area contributed by atoms with Crippen LogP contribution in [0, 0.1) is 0 Å². The highest BCUT2D eigenvalue weighted by Crippen LogP contribution is 2.54. The predicted molar refractivity (Wildman–Crippen MR) is 82.8 cm³/mol. The number of benzene rings is 2. The summed E-state index contributed by atoms with van der Waals surface area (Å²) in [7, 11) is 0. The van der Waals surface area contributed by atoms with Gasteiger partial charge in [-0.2, -0.15) is 0 Å². The van der Waals surface area contributed by atoms with Gasteiger partial charge in [0.1, 0.15) is 0 Å². The van der Waals surface area contributed by atoms with Crippen molar-refractivity contribution >= 4 is 0 Å². The Morgan fingerprint density at radius 3 is 2.15 bits per heavy atom. The van der Waals surface area contributed by atoms with Gasteiger partial charge < -0.3 is 0 Å². The molecule has 1 heteroatoms. The van der Waals surface area contributed by atoms with Crippen molar-refractivity contribution in [3.8, 4) is 0 Å². The molecule has 20 heavy (non-hydrogen) atoms. The van der Waals surface area contributed by atoms with Gasteiger partial charge in [0.05, 0.1) is 6.04 Å². The lowest BCUT2D eigenvalue weighted by Crippen LogP contribution is -2.45. The van der Waals surface area contributed by atoms with Crippen molar-refractivity contribution in [1.82, 2.24) is 4.90 Å². The first-order chi connectivity index (χ1) is 9.57. The highest BCUT2D eigenvalue weighted by atomic mass is 15.3. The van der Waals surface area contributed by atoms with Crippen LogP contribution >= 0.6 is 0 Å². The van der Waals surface area contributed by atoms with E-state index in [0.29, 0.717) is 12.1 Å². The third kappa shape index (κ3) is 1.53. The first-order valence-corrected chi connectivity index (χ1v) is 7.52. The fourth-order valence-electron chi connectivity index (χ4n) is 4.12. The van der Waals surface area contributed by atoms with E-state index in [1.54, 1.807) is 0 Å². The third-order valence-corrected chi connectivity index (χ3v) is 4.80. The van der Waals surface area contributed by atoms with Gasteiger partial charge in [-0.15, -0.1) is 0 Å². The normalized spacial score (nSPS) is 24.4. The van der Waals surface area contributed by atoms with E-state index in [4.69, 9.17) is 0 Å². The topological polar surface area (TPSA) is 3.24 Å². The Bertz CT molecular complexity index is 654. The van der Waals surface area contributed by atoms with E-state index in [2.05, 4.69) is 74.2 Å². The van der Waals surface area contributed by atoms with Crippen LogP contribution in [0.1, 0.15) is 55.1 Å². The second-order valence-electron chi connectivity index (χ2n) is 7.03. The van der Waals surface area contributed by atoms with E-state index in [0.717, 1.165) is 6.42 Å². The highest BCUT2D eigenvalue weighted by molar-refractivity contribution is 5.51. The summed E-state index contributed by atoms with van der Waals surface area (Å²) in [5, 5.41) is 0. The van der Waals surface area contributed by atoms with Crippen LogP contribution < -0.4 is 0 Å².